The second kappa shape index (κ2) is 9.43. The van der Waals surface area contributed by atoms with Crippen LogP contribution in [0.25, 0.3) is 0 Å². The molecule has 0 radical (unpaired) electrons. The van der Waals surface area contributed by atoms with E-state index >= 15 is 0 Å². The molecule has 0 saturated heterocycles. The van der Waals surface area contributed by atoms with Crippen molar-refractivity contribution in [2.75, 3.05) is 0 Å². The van der Waals surface area contributed by atoms with Crippen LogP contribution in [0.5, 0.6) is 17.2 Å². The lowest BCUT2D eigenvalue weighted by molar-refractivity contribution is 0.295. The van der Waals surface area contributed by atoms with Gasteiger partial charge >= 0.3 is 0 Å². The molecule has 0 amide bonds. The first-order chi connectivity index (χ1) is 12.7. The zero-order valence-electron chi connectivity index (χ0n) is 17.7. The topological polar surface area (TPSA) is 107 Å². The summed E-state index contributed by atoms with van der Waals surface area (Å²) >= 11 is -1.92. The van der Waals surface area contributed by atoms with Gasteiger partial charge in [-0.25, -0.2) is 8.42 Å². The molecule has 10 heteroatoms. The Labute approximate surface area is 171 Å². The van der Waals surface area contributed by atoms with E-state index in [1.807, 2.05) is 27.7 Å². The standard InChI is InChI=1S/C18H32N2O6S2/c1-11(2)19(12(3)4)27(23)26-15-9-16(21)18(22)17(10-15)28(24,25)20(13(5)6)14(7)8/h9-14,21-22H,1-8H3. The van der Waals surface area contributed by atoms with Crippen LogP contribution >= 0.6 is 0 Å². The molecule has 0 aliphatic heterocycles. The molecule has 2 N–H and O–H groups in total. The average molecular weight is 437 g/mol. The molecular formula is C18H32N2O6S2. The molecule has 0 aliphatic carbocycles. The molecule has 0 saturated carbocycles. The van der Waals surface area contributed by atoms with E-state index in [-0.39, 0.29) is 29.9 Å². The summed E-state index contributed by atoms with van der Waals surface area (Å²) in [5.41, 5.74) is 0. The van der Waals surface area contributed by atoms with Gasteiger partial charge in [-0.15, -0.1) is 0 Å². The molecule has 1 atom stereocenters. The summed E-state index contributed by atoms with van der Waals surface area (Å²) < 4.78 is 47.0. The summed E-state index contributed by atoms with van der Waals surface area (Å²) in [6.45, 7) is 14.3. The van der Waals surface area contributed by atoms with Crippen molar-refractivity contribution in [3.05, 3.63) is 12.1 Å². The lowest BCUT2D eigenvalue weighted by Crippen LogP contribution is -2.42. The maximum Gasteiger partial charge on any atom is 0.291 e. The summed E-state index contributed by atoms with van der Waals surface area (Å²) in [5.74, 6) is -1.55. The third-order valence-electron chi connectivity index (χ3n) is 3.96. The number of rotatable bonds is 9. The van der Waals surface area contributed by atoms with Crippen LogP contribution in [0.3, 0.4) is 0 Å². The average Bonchev–Trinajstić information content (AvgIpc) is 2.48. The second-order valence-corrected chi connectivity index (χ2v) is 10.5. The number of hydrogen-bond acceptors (Lipinski definition) is 6. The van der Waals surface area contributed by atoms with Crippen molar-refractivity contribution in [3.63, 3.8) is 0 Å². The Morgan fingerprint density at radius 1 is 0.893 bits per heavy atom. The first-order valence-corrected chi connectivity index (χ1v) is 11.7. The highest BCUT2D eigenvalue weighted by molar-refractivity contribution is 7.89. The fourth-order valence-electron chi connectivity index (χ4n) is 3.14. The molecule has 0 aromatic heterocycles. The SMILES string of the molecule is CC(C)N(C(C)C)S(=O)Oc1cc(O)c(O)c(S(=O)(=O)N(C(C)C)C(C)C)c1. The van der Waals surface area contributed by atoms with Crippen molar-refractivity contribution in [3.8, 4) is 17.2 Å². The Kier molecular flexibility index (Phi) is 8.31. The zero-order chi connectivity index (χ0) is 22.0. The van der Waals surface area contributed by atoms with Gasteiger partial charge in [0.1, 0.15) is 10.6 Å². The van der Waals surface area contributed by atoms with E-state index in [0.29, 0.717) is 0 Å². The minimum atomic E-state index is -4.13. The van der Waals surface area contributed by atoms with Crippen molar-refractivity contribution in [1.29, 1.82) is 0 Å². The molecule has 0 fully saturated rings. The number of phenols is 2. The Morgan fingerprint density at radius 2 is 1.36 bits per heavy atom. The van der Waals surface area contributed by atoms with Crippen LogP contribution in [0, 0.1) is 0 Å². The van der Waals surface area contributed by atoms with Gasteiger partial charge in [0, 0.05) is 36.3 Å². The quantitative estimate of drug-likeness (QED) is 0.576. The van der Waals surface area contributed by atoms with Gasteiger partial charge in [0.15, 0.2) is 11.5 Å². The highest BCUT2D eigenvalue weighted by Gasteiger charge is 2.34. The van der Waals surface area contributed by atoms with E-state index in [4.69, 9.17) is 4.18 Å². The summed E-state index contributed by atoms with van der Waals surface area (Å²) in [6, 6.07) is 1.20. The number of benzene rings is 1. The summed E-state index contributed by atoms with van der Waals surface area (Å²) in [5, 5.41) is 20.2. The van der Waals surface area contributed by atoms with E-state index < -0.39 is 37.7 Å². The monoisotopic (exact) mass is 436 g/mol. The third kappa shape index (κ3) is 5.37. The maximum atomic E-state index is 13.1. The number of hydrogen-bond donors (Lipinski definition) is 2. The number of sulfonamides is 1. The predicted octanol–water partition coefficient (Wildman–Crippen LogP) is 2.98. The summed E-state index contributed by atoms with van der Waals surface area (Å²) in [7, 11) is -4.13. The van der Waals surface area contributed by atoms with Crippen molar-refractivity contribution >= 4 is 21.3 Å². The molecule has 1 unspecified atom stereocenters. The molecule has 0 heterocycles. The lowest BCUT2D eigenvalue weighted by Gasteiger charge is -2.30. The Morgan fingerprint density at radius 3 is 1.75 bits per heavy atom. The largest absolute Gasteiger partial charge is 0.504 e. The molecule has 1 aromatic rings. The predicted molar refractivity (Wildman–Crippen MR) is 110 cm³/mol. The molecule has 162 valence electrons. The zero-order valence-corrected chi connectivity index (χ0v) is 19.3. The van der Waals surface area contributed by atoms with Crippen LogP contribution in [-0.4, -0.2) is 55.6 Å². The van der Waals surface area contributed by atoms with E-state index in [9.17, 15) is 22.8 Å². The van der Waals surface area contributed by atoms with Crippen molar-refractivity contribution in [2.45, 2.75) is 84.5 Å². The normalized spacial score (nSPS) is 14.1. The van der Waals surface area contributed by atoms with Crippen LogP contribution in [0.4, 0.5) is 0 Å². The van der Waals surface area contributed by atoms with Crippen molar-refractivity contribution in [2.24, 2.45) is 0 Å². The van der Waals surface area contributed by atoms with Crippen LogP contribution in [-0.2, 0) is 21.3 Å². The van der Waals surface area contributed by atoms with Crippen LogP contribution in [0.2, 0.25) is 0 Å². The third-order valence-corrected chi connectivity index (χ3v) is 7.75. The molecule has 0 spiro atoms. The van der Waals surface area contributed by atoms with Gasteiger partial charge in [0.25, 0.3) is 11.3 Å². The summed E-state index contributed by atoms with van der Waals surface area (Å²) in [4.78, 5) is -0.498. The number of phenolic OH excluding ortho intramolecular Hbond substituents is 2. The number of aromatic hydroxyl groups is 2. The van der Waals surface area contributed by atoms with E-state index in [1.165, 1.54) is 4.31 Å². The smallest absolute Gasteiger partial charge is 0.291 e. The molecule has 0 aliphatic rings. The minimum absolute atomic E-state index is 0.0906. The van der Waals surface area contributed by atoms with Crippen molar-refractivity contribution in [1.82, 2.24) is 8.61 Å². The highest BCUT2D eigenvalue weighted by atomic mass is 32.2. The van der Waals surface area contributed by atoms with E-state index in [2.05, 4.69) is 0 Å². The van der Waals surface area contributed by atoms with Gasteiger partial charge < -0.3 is 14.4 Å². The van der Waals surface area contributed by atoms with Gasteiger partial charge in [0.05, 0.1) is 0 Å². The fourth-order valence-corrected chi connectivity index (χ4v) is 6.13. The van der Waals surface area contributed by atoms with Crippen LogP contribution in [0.15, 0.2) is 17.0 Å². The Bertz CT molecular complexity index is 791. The molecular weight excluding hydrogens is 404 g/mol. The molecule has 1 rings (SSSR count). The maximum absolute atomic E-state index is 13.1. The minimum Gasteiger partial charge on any atom is -0.504 e. The second-order valence-electron chi connectivity index (χ2n) is 7.66. The van der Waals surface area contributed by atoms with Gasteiger partial charge in [-0.2, -0.15) is 12.8 Å². The lowest BCUT2D eigenvalue weighted by atomic mass is 10.3. The molecule has 1 aromatic carbocycles. The van der Waals surface area contributed by atoms with Gasteiger partial charge in [-0.1, -0.05) is 0 Å². The first-order valence-electron chi connectivity index (χ1n) is 9.19. The van der Waals surface area contributed by atoms with E-state index in [1.54, 1.807) is 32.0 Å². The van der Waals surface area contributed by atoms with Gasteiger partial charge in [0.2, 0.25) is 10.0 Å². The molecule has 28 heavy (non-hydrogen) atoms. The van der Waals surface area contributed by atoms with Gasteiger partial charge in [-0.05, 0) is 55.4 Å². The summed E-state index contributed by atoms with van der Waals surface area (Å²) in [6.07, 6.45) is 0. The van der Waals surface area contributed by atoms with Crippen LogP contribution in [0.1, 0.15) is 55.4 Å². The highest BCUT2D eigenvalue weighted by Crippen LogP contribution is 2.39. The Hall–Kier alpha value is -1.36. The van der Waals surface area contributed by atoms with Crippen molar-refractivity contribution < 1.29 is 27.0 Å². The molecule has 8 nitrogen and oxygen atoms in total. The van der Waals surface area contributed by atoms with Gasteiger partial charge in [-0.3, -0.25) is 0 Å². The van der Waals surface area contributed by atoms with Crippen LogP contribution < -0.4 is 4.18 Å². The fraction of sp³-hybridized carbons (Fsp3) is 0.667. The molecule has 0 bridgehead atoms. The number of nitrogens with zero attached hydrogens (tertiary/aromatic N) is 2. The first kappa shape index (κ1) is 24.7. The van der Waals surface area contributed by atoms with E-state index in [0.717, 1.165) is 12.1 Å². The Balaban J connectivity index is 3.43.